The van der Waals surface area contributed by atoms with Crippen LogP contribution in [0.25, 0.3) is 0 Å². The zero-order valence-corrected chi connectivity index (χ0v) is 9.80. The van der Waals surface area contributed by atoms with Crippen molar-refractivity contribution in [2.24, 2.45) is 0 Å². The van der Waals surface area contributed by atoms with E-state index >= 15 is 0 Å². The summed E-state index contributed by atoms with van der Waals surface area (Å²) in [4.78, 5) is -0.663. The van der Waals surface area contributed by atoms with Gasteiger partial charge in [0.1, 0.15) is 0 Å². The van der Waals surface area contributed by atoms with Gasteiger partial charge in [0, 0.05) is 17.6 Å². The lowest BCUT2D eigenvalue weighted by atomic mass is 10.1. The second-order valence-electron chi connectivity index (χ2n) is 2.94. The second kappa shape index (κ2) is 3.88. The molecule has 0 saturated carbocycles. The molecule has 84 valence electrons. The Balaban J connectivity index is 3.63. The predicted octanol–water partition coefficient (Wildman–Crippen LogP) is 3.38. The standard InChI is InChI=1S/C8H6Cl2F2O2S/c1-8(11,12)7-5(9)3-2-4-6(7)15(10,13)14/h2-4H,1H3. The lowest BCUT2D eigenvalue weighted by Crippen LogP contribution is -2.12. The van der Waals surface area contributed by atoms with Crippen molar-refractivity contribution in [2.75, 3.05) is 0 Å². The van der Waals surface area contributed by atoms with Gasteiger partial charge in [0.25, 0.3) is 15.0 Å². The van der Waals surface area contributed by atoms with Crippen molar-refractivity contribution < 1.29 is 17.2 Å². The molecule has 15 heavy (non-hydrogen) atoms. The van der Waals surface area contributed by atoms with E-state index in [0.29, 0.717) is 6.92 Å². The maximum atomic E-state index is 13.1. The molecule has 0 amide bonds. The topological polar surface area (TPSA) is 34.1 Å². The molecule has 0 saturated heterocycles. The van der Waals surface area contributed by atoms with Crippen LogP contribution < -0.4 is 0 Å². The Morgan fingerprint density at radius 1 is 1.33 bits per heavy atom. The van der Waals surface area contributed by atoms with Crippen LogP contribution in [0.15, 0.2) is 23.1 Å². The van der Waals surface area contributed by atoms with Crippen LogP contribution >= 0.6 is 22.3 Å². The first-order chi connectivity index (χ1) is 6.64. The van der Waals surface area contributed by atoms with Gasteiger partial charge in [0.15, 0.2) is 0 Å². The maximum Gasteiger partial charge on any atom is 0.273 e. The first-order valence-corrected chi connectivity index (χ1v) is 6.44. The highest BCUT2D eigenvalue weighted by molar-refractivity contribution is 8.13. The Bertz CT molecular complexity index is 480. The van der Waals surface area contributed by atoms with E-state index in [2.05, 4.69) is 0 Å². The Morgan fingerprint density at radius 3 is 2.20 bits per heavy atom. The molecule has 0 heterocycles. The fraction of sp³-hybridized carbons (Fsp3) is 0.250. The highest BCUT2D eigenvalue weighted by Crippen LogP contribution is 2.38. The molecule has 0 aliphatic rings. The van der Waals surface area contributed by atoms with E-state index in [0.717, 1.165) is 6.07 Å². The van der Waals surface area contributed by atoms with Crippen molar-refractivity contribution in [1.29, 1.82) is 0 Å². The summed E-state index contributed by atoms with van der Waals surface area (Å²) in [6.45, 7) is 0.555. The van der Waals surface area contributed by atoms with Crippen molar-refractivity contribution in [1.82, 2.24) is 0 Å². The van der Waals surface area contributed by atoms with Crippen molar-refractivity contribution >= 4 is 31.3 Å². The largest absolute Gasteiger partial charge is 0.273 e. The third kappa shape index (κ3) is 2.80. The van der Waals surface area contributed by atoms with Crippen molar-refractivity contribution in [2.45, 2.75) is 17.7 Å². The molecule has 2 nitrogen and oxygen atoms in total. The van der Waals surface area contributed by atoms with Crippen molar-refractivity contribution in [3.63, 3.8) is 0 Å². The van der Waals surface area contributed by atoms with Crippen LogP contribution in [-0.2, 0) is 15.0 Å². The van der Waals surface area contributed by atoms with Crippen molar-refractivity contribution in [3.05, 3.63) is 28.8 Å². The molecule has 0 fully saturated rings. The normalized spacial score (nSPS) is 12.9. The summed E-state index contributed by atoms with van der Waals surface area (Å²) < 4.78 is 48.2. The molecule has 0 atom stereocenters. The van der Waals surface area contributed by atoms with Crippen LogP contribution in [0.4, 0.5) is 8.78 Å². The number of benzene rings is 1. The van der Waals surface area contributed by atoms with Gasteiger partial charge < -0.3 is 0 Å². The van der Waals surface area contributed by atoms with Gasteiger partial charge in [-0.15, -0.1) is 0 Å². The van der Waals surface area contributed by atoms with Gasteiger partial charge in [0.2, 0.25) is 0 Å². The number of alkyl halides is 2. The van der Waals surface area contributed by atoms with E-state index < -0.39 is 25.4 Å². The second-order valence-corrected chi connectivity index (χ2v) is 5.88. The average molecular weight is 275 g/mol. The van der Waals surface area contributed by atoms with E-state index in [-0.39, 0.29) is 5.02 Å². The molecule has 0 aliphatic heterocycles. The SMILES string of the molecule is CC(F)(F)c1c(Cl)cccc1S(=O)(=O)Cl. The monoisotopic (exact) mass is 274 g/mol. The molecular weight excluding hydrogens is 269 g/mol. The molecular formula is C8H6Cl2F2O2S. The van der Waals surface area contributed by atoms with Gasteiger partial charge in [0.05, 0.1) is 15.5 Å². The summed E-state index contributed by atoms with van der Waals surface area (Å²) in [6.07, 6.45) is 0. The maximum absolute atomic E-state index is 13.1. The molecule has 0 unspecified atom stereocenters. The fourth-order valence-corrected chi connectivity index (χ4v) is 2.69. The summed E-state index contributed by atoms with van der Waals surface area (Å²) in [5.41, 5.74) is -0.776. The fourth-order valence-electron chi connectivity index (χ4n) is 1.13. The minimum atomic E-state index is -4.23. The Kier molecular flexibility index (Phi) is 3.28. The summed E-state index contributed by atoms with van der Waals surface area (Å²) in [6, 6.07) is 3.41. The minimum Gasteiger partial charge on any atom is -0.207 e. The molecule has 0 spiro atoms. The first-order valence-electron chi connectivity index (χ1n) is 3.75. The molecule has 0 aromatic heterocycles. The molecule has 1 rings (SSSR count). The van der Waals surface area contributed by atoms with E-state index in [1.165, 1.54) is 12.1 Å². The Morgan fingerprint density at radius 2 is 1.87 bits per heavy atom. The zero-order valence-electron chi connectivity index (χ0n) is 7.47. The number of hydrogen-bond acceptors (Lipinski definition) is 2. The summed E-state index contributed by atoms with van der Waals surface area (Å²) in [7, 11) is 0.791. The van der Waals surface area contributed by atoms with Gasteiger partial charge in [-0.25, -0.2) is 17.2 Å². The van der Waals surface area contributed by atoms with E-state index in [9.17, 15) is 17.2 Å². The lowest BCUT2D eigenvalue weighted by Gasteiger charge is -2.15. The number of hydrogen-bond donors (Lipinski definition) is 0. The lowest BCUT2D eigenvalue weighted by molar-refractivity contribution is 0.0146. The molecule has 0 radical (unpaired) electrons. The van der Waals surface area contributed by atoms with Crippen LogP contribution in [0.5, 0.6) is 0 Å². The molecule has 1 aromatic carbocycles. The van der Waals surface area contributed by atoms with Gasteiger partial charge >= 0.3 is 0 Å². The minimum absolute atomic E-state index is 0.329. The molecule has 7 heteroatoms. The zero-order chi connectivity index (χ0) is 11.9. The smallest absolute Gasteiger partial charge is 0.207 e. The van der Waals surface area contributed by atoms with Gasteiger partial charge in [-0.1, -0.05) is 17.7 Å². The van der Waals surface area contributed by atoms with E-state index in [4.69, 9.17) is 22.3 Å². The van der Waals surface area contributed by atoms with Crippen LogP contribution in [0, 0.1) is 0 Å². The number of rotatable bonds is 2. The highest BCUT2D eigenvalue weighted by atomic mass is 35.7. The predicted molar refractivity (Wildman–Crippen MR) is 54.1 cm³/mol. The third-order valence-electron chi connectivity index (χ3n) is 1.68. The van der Waals surface area contributed by atoms with Crippen molar-refractivity contribution in [3.8, 4) is 0 Å². The molecule has 0 bridgehead atoms. The third-order valence-corrected chi connectivity index (χ3v) is 3.36. The van der Waals surface area contributed by atoms with Gasteiger partial charge in [-0.3, -0.25) is 0 Å². The summed E-state index contributed by atoms with van der Waals surface area (Å²) in [5, 5.41) is -0.329. The Hall–Kier alpha value is -0.390. The summed E-state index contributed by atoms with van der Waals surface area (Å²) in [5.74, 6) is -3.37. The molecule has 0 N–H and O–H groups in total. The quantitative estimate of drug-likeness (QED) is 0.775. The Labute approximate surface area is 95.2 Å². The molecule has 0 aliphatic carbocycles. The van der Waals surface area contributed by atoms with Crippen LogP contribution in [0.3, 0.4) is 0 Å². The molecule has 1 aromatic rings. The van der Waals surface area contributed by atoms with Gasteiger partial charge in [-0.2, -0.15) is 0 Å². The van der Waals surface area contributed by atoms with E-state index in [1.54, 1.807) is 0 Å². The first kappa shape index (κ1) is 12.7. The highest BCUT2D eigenvalue weighted by Gasteiger charge is 2.34. The average Bonchev–Trinajstić information content (AvgIpc) is 1.99. The summed E-state index contributed by atoms with van der Waals surface area (Å²) >= 11 is 5.52. The van der Waals surface area contributed by atoms with Crippen LogP contribution in [0.1, 0.15) is 12.5 Å². The number of halogens is 4. The van der Waals surface area contributed by atoms with E-state index in [1.807, 2.05) is 0 Å². The van der Waals surface area contributed by atoms with Crippen LogP contribution in [-0.4, -0.2) is 8.42 Å². The van der Waals surface area contributed by atoms with Crippen LogP contribution in [0.2, 0.25) is 5.02 Å². The van der Waals surface area contributed by atoms with Gasteiger partial charge in [-0.05, 0) is 12.1 Å².